The first-order valence-corrected chi connectivity index (χ1v) is 11.2. The fraction of sp³-hybridized carbons (Fsp3) is 0.269. The number of nitrogens with zero attached hydrogens (tertiary/aromatic N) is 2. The predicted molar refractivity (Wildman–Crippen MR) is 130 cm³/mol. The first kappa shape index (κ1) is 24.2. The highest BCUT2D eigenvalue weighted by Crippen LogP contribution is 2.33. The smallest absolute Gasteiger partial charge is 0.282 e. The van der Waals surface area contributed by atoms with Crippen LogP contribution in [-0.2, 0) is 19.4 Å². The van der Waals surface area contributed by atoms with Crippen LogP contribution in [0.2, 0.25) is 0 Å². The highest BCUT2D eigenvalue weighted by molar-refractivity contribution is 6.07. The number of halogens is 1. The zero-order chi connectivity index (χ0) is 24.9. The van der Waals surface area contributed by atoms with Crippen molar-refractivity contribution in [2.45, 2.75) is 19.4 Å². The Morgan fingerprint density at radius 3 is 2.40 bits per heavy atom. The molecule has 0 fully saturated rings. The number of fused-ring (bicyclic) bond motifs is 1. The number of nitro benzene ring substituents is 1. The van der Waals surface area contributed by atoms with Crippen LogP contribution in [-0.4, -0.2) is 43.0 Å². The van der Waals surface area contributed by atoms with E-state index in [1.807, 2.05) is 18.2 Å². The minimum absolute atomic E-state index is 0.321. The van der Waals surface area contributed by atoms with Gasteiger partial charge in [-0.2, -0.15) is 0 Å². The maximum atomic E-state index is 13.5. The van der Waals surface area contributed by atoms with Crippen LogP contribution < -0.4 is 14.8 Å². The van der Waals surface area contributed by atoms with Crippen LogP contribution in [0.3, 0.4) is 0 Å². The van der Waals surface area contributed by atoms with Gasteiger partial charge in [0.25, 0.3) is 11.6 Å². The van der Waals surface area contributed by atoms with Gasteiger partial charge in [0.05, 0.1) is 19.1 Å². The van der Waals surface area contributed by atoms with Crippen LogP contribution in [0.4, 0.5) is 15.8 Å². The Bertz CT molecular complexity index is 1250. The third-order valence-electron chi connectivity index (χ3n) is 6.13. The Kier molecular flexibility index (Phi) is 7.26. The van der Waals surface area contributed by atoms with E-state index in [0.29, 0.717) is 5.69 Å². The molecule has 0 radical (unpaired) electrons. The molecule has 0 unspecified atom stereocenters. The number of hydrogen-bond acceptors (Lipinski definition) is 6. The van der Waals surface area contributed by atoms with E-state index in [9.17, 15) is 19.3 Å². The Morgan fingerprint density at radius 2 is 1.74 bits per heavy atom. The maximum Gasteiger partial charge on any atom is 0.282 e. The second-order valence-corrected chi connectivity index (χ2v) is 8.32. The molecule has 1 N–H and O–H groups in total. The Morgan fingerprint density at radius 1 is 1.06 bits per heavy atom. The Labute approximate surface area is 202 Å². The largest absolute Gasteiger partial charge is 0.493 e. The predicted octanol–water partition coefficient (Wildman–Crippen LogP) is 4.60. The monoisotopic (exact) mass is 479 g/mol. The lowest BCUT2D eigenvalue weighted by Gasteiger charge is -2.29. The van der Waals surface area contributed by atoms with Gasteiger partial charge in [-0.1, -0.05) is 12.1 Å². The summed E-state index contributed by atoms with van der Waals surface area (Å²) >= 11 is 0. The third-order valence-corrected chi connectivity index (χ3v) is 6.13. The topological polar surface area (TPSA) is 93.9 Å². The molecule has 4 rings (SSSR count). The molecule has 1 aliphatic rings. The molecule has 0 spiro atoms. The van der Waals surface area contributed by atoms with Crippen LogP contribution in [0.25, 0.3) is 0 Å². The van der Waals surface area contributed by atoms with Crippen LogP contribution in [0, 0.1) is 15.9 Å². The maximum absolute atomic E-state index is 13.5. The molecular formula is C26H26FN3O5. The molecule has 0 saturated carbocycles. The fourth-order valence-electron chi connectivity index (χ4n) is 4.22. The number of amides is 1. The van der Waals surface area contributed by atoms with Gasteiger partial charge in [0.15, 0.2) is 11.5 Å². The normalized spacial score (nSPS) is 13.1. The standard InChI is InChI=1S/C26H26FN3O5/c1-34-24-13-18-10-12-29(16-19(18)14-25(24)35-2)11-9-17-3-6-21(7-4-17)28-26(31)22-15-20(27)5-8-23(22)30(32)33/h3-8,13-15H,9-12,16H2,1-2H3,(H,28,31). The summed E-state index contributed by atoms with van der Waals surface area (Å²) in [6, 6.07) is 14.2. The van der Waals surface area contributed by atoms with Crippen molar-refractivity contribution < 1.29 is 23.6 Å². The third kappa shape index (κ3) is 5.58. The zero-order valence-electron chi connectivity index (χ0n) is 19.5. The van der Waals surface area contributed by atoms with E-state index >= 15 is 0 Å². The van der Waals surface area contributed by atoms with E-state index < -0.39 is 22.3 Å². The molecule has 182 valence electrons. The minimum Gasteiger partial charge on any atom is -0.493 e. The molecule has 8 nitrogen and oxygen atoms in total. The highest BCUT2D eigenvalue weighted by atomic mass is 19.1. The molecule has 35 heavy (non-hydrogen) atoms. The number of carbonyl (C=O) groups excluding carboxylic acids is 1. The summed E-state index contributed by atoms with van der Waals surface area (Å²) in [5.41, 5.74) is 3.32. The molecule has 0 bridgehead atoms. The van der Waals surface area contributed by atoms with Crippen LogP contribution in [0.15, 0.2) is 54.6 Å². The summed E-state index contributed by atoms with van der Waals surface area (Å²) in [7, 11) is 3.28. The molecule has 3 aromatic carbocycles. The SMILES string of the molecule is COc1cc2c(cc1OC)CN(CCc1ccc(NC(=O)c3cc(F)ccc3[N+](=O)[O-])cc1)CC2. The lowest BCUT2D eigenvalue weighted by atomic mass is 9.98. The van der Waals surface area contributed by atoms with Crippen molar-refractivity contribution in [3.05, 3.63) is 92.8 Å². The van der Waals surface area contributed by atoms with Gasteiger partial charge >= 0.3 is 0 Å². The first-order valence-electron chi connectivity index (χ1n) is 11.2. The summed E-state index contributed by atoms with van der Waals surface area (Å²) in [6.45, 7) is 2.65. The summed E-state index contributed by atoms with van der Waals surface area (Å²) in [6.07, 6.45) is 1.76. The number of nitro groups is 1. The molecule has 1 aliphatic heterocycles. The van der Waals surface area contributed by atoms with Gasteiger partial charge in [-0.3, -0.25) is 19.8 Å². The molecule has 1 heterocycles. The van der Waals surface area contributed by atoms with Gasteiger partial charge in [-0.05, 0) is 65.9 Å². The Hall–Kier alpha value is -3.98. The van der Waals surface area contributed by atoms with Crippen LogP contribution in [0.1, 0.15) is 27.0 Å². The van der Waals surface area contributed by atoms with Crippen molar-refractivity contribution in [1.82, 2.24) is 4.90 Å². The molecule has 0 saturated heterocycles. The summed E-state index contributed by atoms with van der Waals surface area (Å²) in [4.78, 5) is 25.3. The van der Waals surface area contributed by atoms with Gasteiger partial charge in [0, 0.05) is 31.4 Å². The number of ether oxygens (including phenoxy) is 2. The lowest BCUT2D eigenvalue weighted by Crippen LogP contribution is -2.32. The van der Waals surface area contributed by atoms with Gasteiger partial charge in [-0.25, -0.2) is 4.39 Å². The number of carbonyl (C=O) groups is 1. The fourth-order valence-corrected chi connectivity index (χ4v) is 4.22. The zero-order valence-corrected chi connectivity index (χ0v) is 19.5. The molecule has 0 aromatic heterocycles. The van der Waals surface area contributed by atoms with Gasteiger partial charge < -0.3 is 14.8 Å². The second-order valence-electron chi connectivity index (χ2n) is 8.32. The van der Waals surface area contributed by atoms with Crippen molar-refractivity contribution in [3.63, 3.8) is 0 Å². The number of benzene rings is 3. The van der Waals surface area contributed by atoms with E-state index in [-0.39, 0.29) is 5.56 Å². The van der Waals surface area contributed by atoms with Gasteiger partial charge in [0.1, 0.15) is 11.4 Å². The molecule has 0 aliphatic carbocycles. The van der Waals surface area contributed by atoms with Crippen molar-refractivity contribution in [2.75, 3.05) is 32.6 Å². The second kappa shape index (κ2) is 10.5. The van der Waals surface area contributed by atoms with E-state index in [1.165, 1.54) is 11.1 Å². The quantitative estimate of drug-likeness (QED) is 0.375. The first-order chi connectivity index (χ1) is 16.9. The average molecular weight is 480 g/mol. The number of rotatable bonds is 8. The van der Waals surface area contributed by atoms with Crippen LogP contribution in [0.5, 0.6) is 11.5 Å². The summed E-state index contributed by atoms with van der Waals surface area (Å²) in [5.74, 6) is 0.0326. The highest BCUT2D eigenvalue weighted by Gasteiger charge is 2.22. The lowest BCUT2D eigenvalue weighted by molar-refractivity contribution is -0.385. The number of nitrogens with one attached hydrogen (secondary N) is 1. The molecule has 9 heteroatoms. The molecule has 0 atom stereocenters. The van der Waals surface area contributed by atoms with Crippen molar-refractivity contribution in [1.29, 1.82) is 0 Å². The van der Waals surface area contributed by atoms with Crippen molar-refractivity contribution in [2.24, 2.45) is 0 Å². The Balaban J connectivity index is 1.35. The number of hydrogen-bond donors (Lipinski definition) is 1. The van der Waals surface area contributed by atoms with Crippen molar-refractivity contribution >= 4 is 17.3 Å². The summed E-state index contributed by atoms with van der Waals surface area (Å²) in [5, 5.41) is 13.8. The van der Waals surface area contributed by atoms with E-state index in [1.54, 1.807) is 26.4 Å². The number of anilines is 1. The van der Waals surface area contributed by atoms with E-state index in [0.717, 1.165) is 67.7 Å². The van der Waals surface area contributed by atoms with Gasteiger partial charge in [0.2, 0.25) is 0 Å². The average Bonchev–Trinajstić information content (AvgIpc) is 2.87. The molecule has 3 aromatic rings. The number of methoxy groups -OCH3 is 2. The molecule has 1 amide bonds. The summed E-state index contributed by atoms with van der Waals surface area (Å²) < 4.78 is 24.4. The van der Waals surface area contributed by atoms with Gasteiger partial charge in [-0.15, -0.1) is 0 Å². The minimum atomic E-state index is -0.733. The molecular weight excluding hydrogens is 453 g/mol. The van der Waals surface area contributed by atoms with Crippen molar-refractivity contribution in [3.8, 4) is 11.5 Å². The van der Waals surface area contributed by atoms with Crippen LogP contribution >= 0.6 is 0 Å². The van der Waals surface area contributed by atoms with E-state index in [2.05, 4.69) is 16.3 Å². The van der Waals surface area contributed by atoms with E-state index in [4.69, 9.17) is 9.47 Å².